The molecule has 0 aromatic heterocycles. The molecule has 5 nitrogen and oxygen atoms in total. The first kappa shape index (κ1) is 13.9. The molecule has 1 saturated heterocycles. The minimum atomic E-state index is -3.99. The Morgan fingerprint density at radius 3 is 2.26 bits per heavy atom. The summed E-state index contributed by atoms with van der Waals surface area (Å²) in [6, 6.07) is 4.47. The predicted molar refractivity (Wildman–Crippen MR) is 61.7 cm³/mol. The molecular weight excluding hydrogens is 280 g/mol. The van der Waals surface area contributed by atoms with Gasteiger partial charge in [0.2, 0.25) is 10.0 Å². The molecule has 0 spiro atoms. The number of carboxylic acid groups (broad SMARTS) is 1. The Hall–Kier alpha value is -1.54. The van der Waals surface area contributed by atoms with E-state index in [4.69, 9.17) is 5.11 Å². The maximum absolute atomic E-state index is 13.0. The van der Waals surface area contributed by atoms with Gasteiger partial charge in [0.15, 0.2) is 0 Å². The van der Waals surface area contributed by atoms with Crippen molar-refractivity contribution in [2.45, 2.75) is 17.2 Å². The first-order valence-corrected chi connectivity index (χ1v) is 6.88. The normalized spacial score (nSPS) is 19.5. The maximum Gasteiger partial charge on any atom is 0.335 e. The molecule has 0 saturated carbocycles. The number of hydrogen-bond acceptors (Lipinski definition) is 3. The monoisotopic (exact) mass is 291 g/mol. The van der Waals surface area contributed by atoms with Crippen molar-refractivity contribution >= 4 is 16.0 Å². The van der Waals surface area contributed by atoms with Gasteiger partial charge in [-0.05, 0) is 24.3 Å². The molecule has 1 aliphatic rings. The molecule has 0 radical (unpaired) electrons. The zero-order valence-electron chi connectivity index (χ0n) is 9.71. The van der Waals surface area contributed by atoms with Crippen LogP contribution in [0.5, 0.6) is 0 Å². The van der Waals surface area contributed by atoms with Crippen LogP contribution in [-0.4, -0.2) is 42.8 Å². The second-order valence-corrected chi connectivity index (χ2v) is 6.21. The van der Waals surface area contributed by atoms with Crippen LogP contribution in [0.25, 0.3) is 0 Å². The van der Waals surface area contributed by atoms with Crippen LogP contribution in [0.4, 0.5) is 8.78 Å². The molecule has 8 heteroatoms. The molecule has 1 aliphatic heterocycles. The standard InChI is InChI=1S/C11H11F2NO4S/c12-11(13)5-6-14(7-11)19(17,18)9-3-1-8(2-4-9)10(15)16/h1-4H,5-7H2,(H,15,16). The zero-order valence-corrected chi connectivity index (χ0v) is 10.5. The molecule has 19 heavy (non-hydrogen) atoms. The third-order valence-corrected chi connectivity index (χ3v) is 4.73. The Morgan fingerprint density at radius 2 is 1.84 bits per heavy atom. The van der Waals surface area contributed by atoms with Crippen molar-refractivity contribution in [1.82, 2.24) is 4.31 Å². The van der Waals surface area contributed by atoms with E-state index in [2.05, 4.69) is 0 Å². The van der Waals surface area contributed by atoms with Gasteiger partial charge in [0.25, 0.3) is 5.92 Å². The van der Waals surface area contributed by atoms with E-state index in [1.807, 2.05) is 0 Å². The summed E-state index contributed by atoms with van der Waals surface area (Å²) in [4.78, 5) is 10.5. The van der Waals surface area contributed by atoms with Crippen molar-refractivity contribution in [2.24, 2.45) is 0 Å². The molecule has 104 valence electrons. The van der Waals surface area contributed by atoms with Crippen molar-refractivity contribution < 1.29 is 27.1 Å². The first-order valence-electron chi connectivity index (χ1n) is 5.44. The van der Waals surface area contributed by atoms with Gasteiger partial charge >= 0.3 is 5.97 Å². The van der Waals surface area contributed by atoms with Crippen LogP contribution in [0.3, 0.4) is 0 Å². The number of benzene rings is 1. The second-order valence-electron chi connectivity index (χ2n) is 4.27. The minimum Gasteiger partial charge on any atom is -0.478 e. The molecule has 0 atom stereocenters. The molecule has 0 bridgehead atoms. The number of hydrogen-bond donors (Lipinski definition) is 1. The molecule has 0 unspecified atom stereocenters. The lowest BCUT2D eigenvalue weighted by molar-refractivity contribution is 0.0183. The highest BCUT2D eigenvalue weighted by atomic mass is 32.2. The molecule has 1 aromatic carbocycles. The van der Waals surface area contributed by atoms with Crippen LogP contribution < -0.4 is 0 Å². The third-order valence-electron chi connectivity index (χ3n) is 2.87. The van der Waals surface area contributed by atoms with E-state index in [0.29, 0.717) is 4.31 Å². The van der Waals surface area contributed by atoms with Crippen LogP contribution in [0.2, 0.25) is 0 Å². The number of sulfonamides is 1. The zero-order chi connectivity index (χ0) is 14.3. The van der Waals surface area contributed by atoms with Crippen LogP contribution in [0.15, 0.2) is 29.2 Å². The topological polar surface area (TPSA) is 74.7 Å². The molecule has 0 aliphatic carbocycles. The van der Waals surface area contributed by atoms with Crippen molar-refractivity contribution in [1.29, 1.82) is 0 Å². The number of carboxylic acids is 1. The molecule has 1 heterocycles. The fourth-order valence-corrected chi connectivity index (χ4v) is 3.30. The maximum atomic E-state index is 13.0. The Labute approximate surface area is 108 Å². The van der Waals surface area contributed by atoms with Crippen LogP contribution >= 0.6 is 0 Å². The lowest BCUT2D eigenvalue weighted by atomic mass is 10.2. The molecule has 1 aromatic rings. The van der Waals surface area contributed by atoms with Crippen molar-refractivity contribution in [2.75, 3.05) is 13.1 Å². The summed E-state index contributed by atoms with van der Waals surface area (Å²) < 4.78 is 50.9. The SMILES string of the molecule is O=C(O)c1ccc(S(=O)(=O)N2CCC(F)(F)C2)cc1. The Morgan fingerprint density at radius 1 is 1.26 bits per heavy atom. The van der Waals surface area contributed by atoms with E-state index < -0.39 is 34.9 Å². The number of aromatic carboxylic acids is 1. The summed E-state index contributed by atoms with van der Waals surface area (Å²) in [6.07, 6.45) is -0.501. The summed E-state index contributed by atoms with van der Waals surface area (Å²) >= 11 is 0. The number of halogens is 2. The lowest BCUT2D eigenvalue weighted by Gasteiger charge is -2.16. The number of alkyl halides is 2. The smallest absolute Gasteiger partial charge is 0.335 e. The number of nitrogens with zero attached hydrogens (tertiary/aromatic N) is 1. The van der Waals surface area contributed by atoms with Crippen LogP contribution in [0, 0.1) is 0 Å². The van der Waals surface area contributed by atoms with E-state index in [-0.39, 0.29) is 17.0 Å². The first-order chi connectivity index (χ1) is 8.72. The van der Waals surface area contributed by atoms with Gasteiger partial charge in [0.1, 0.15) is 0 Å². The third kappa shape index (κ3) is 2.74. The largest absolute Gasteiger partial charge is 0.478 e. The summed E-state index contributed by atoms with van der Waals surface area (Å²) in [5.41, 5.74) is -0.0642. The summed E-state index contributed by atoms with van der Waals surface area (Å²) in [5.74, 6) is -4.19. The summed E-state index contributed by atoms with van der Waals surface area (Å²) in [7, 11) is -3.99. The molecule has 2 rings (SSSR count). The molecule has 0 amide bonds. The predicted octanol–water partition coefficient (Wildman–Crippen LogP) is 1.41. The molecule has 1 fully saturated rings. The van der Waals surface area contributed by atoms with Gasteiger partial charge in [0.05, 0.1) is 17.0 Å². The highest BCUT2D eigenvalue weighted by Crippen LogP contribution is 2.31. The van der Waals surface area contributed by atoms with Gasteiger partial charge < -0.3 is 5.11 Å². The van der Waals surface area contributed by atoms with Gasteiger partial charge in [-0.1, -0.05) is 0 Å². The highest BCUT2D eigenvalue weighted by molar-refractivity contribution is 7.89. The Balaban J connectivity index is 2.28. The number of rotatable bonds is 3. The van der Waals surface area contributed by atoms with Gasteiger partial charge in [-0.2, -0.15) is 4.31 Å². The number of carbonyl (C=O) groups is 1. The van der Waals surface area contributed by atoms with E-state index >= 15 is 0 Å². The van der Waals surface area contributed by atoms with E-state index in [9.17, 15) is 22.0 Å². The van der Waals surface area contributed by atoms with Crippen molar-refractivity contribution in [3.05, 3.63) is 29.8 Å². The van der Waals surface area contributed by atoms with Gasteiger partial charge in [-0.15, -0.1) is 0 Å². The van der Waals surface area contributed by atoms with E-state index in [1.165, 1.54) is 0 Å². The minimum absolute atomic E-state index is 0.0642. The molecule has 1 N–H and O–H groups in total. The Kier molecular flexibility index (Phi) is 3.31. The average Bonchev–Trinajstić information content (AvgIpc) is 2.70. The average molecular weight is 291 g/mol. The second kappa shape index (κ2) is 4.53. The Bertz CT molecular complexity index is 598. The quantitative estimate of drug-likeness (QED) is 0.913. The fraction of sp³-hybridized carbons (Fsp3) is 0.364. The van der Waals surface area contributed by atoms with Crippen LogP contribution in [0.1, 0.15) is 16.8 Å². The van der Waals surface area contributed by atoms with Gasteiger partial charge in [-0.3, -0.25) is 0 Å². The van der Waals surface area contributed by atoms with Crippen molar-refractivity contribution in [3.8, 4) is 0 Å². The molecular formula is C11H11F2NO4S. The van der Waals surface area contributed by atoms with Crippen molar-refractivity contribution in [3.63, 3.8) is 0 Å². The summed E-state index contributed by atoms with van der Waals surface area (Å²) in [6.45, 7) is -1.08. The van der Waals surface area contributed by atoms with E-state index in [0.717, 1.165) is 24.3 Å². The van der Waals surface area contributed by atoms with Gasteiger partial charge in [0, 0.05) is 13.0 Å². The lowest BCUT2D eigenvalue weighted by Crippen LogP contribution is -2.31. The highest BCUT2D eigenvalue weighted by Gasteiger charge is 2.43. The summed E-state index contributed by atoms with van der Waals surface area (Å²) in [5, 5.41) is 8.70. The van der Waals surface area contributed by atoms with Crippen LogP contribution in [-0.2, 0) is 10.0 Å². The van der Waals surface area contributed by atoms with E-state index in [1.54, 1.807) is 0 Å². The fourth-order valence-electron chi connectivity index (χ4n) is 1.83. The van der Waals surface area contributed by atoms with Gasteiger partial charge in [-0.25, -0.2) is 22.0 Å².